The first kappa shape index (κ1) is 18.6. The van der Waals surface area contributed by atoms with Crippen LogP contribution in [0, 0.1) is 5.41 Å². The molecule has 5 heteroatoms. The number of pyridine rings is 1. The molecule has 2 N–H and O–H groups in total. The number of carboxylic acids is 1. The molecule has 0 amide bonds. The Hall–Kier alpha value is -2.69. The molecule has 1 heterocycles. The number of hydrogen-bond acceptors (Lipinski definition) is 4. The number of nitrogens with one attached hydrogen (secondary N) is 1. The van der Waals surface area contributed by atoms with Gasteiger partial charge >= 0.3 is 5.97 Å². The third-order valence-corrected chi connectivity index (χ3v) is 3.65. The van der Waals surface area contributed by atoms with Gasteiger partial charge in [0.25, 0.3) is 0 Å². The first-order chi connectivity index (χ1) is 11.6. The number of aromatic carboxylic acids is 1. The molecule has 132 valence electrons. The fraction of sp³-hybridized carbons (Fsp3) is 0.350. The lowest BCUT2D eigenvalue weighted by Crippen LogP contribution is -2.23. The van der Waals surface area contributed by atoms with Gasteiger partial charge in [-0.25, -0.2) is 9.78 Å². The number of carboxylic acid groups (broad SMARTS) is 1. The fourth-order valence-electron chi connectivity index (χ4n) is 2.40. The van der Waals surface area contributed by atoms with Gasteiger partial charge in [-0.15, -0.1) is 0 Å². The Morgan fingerprint density at radius 3 is 2.36 bits per heavy atom. The molecule has 1 aromatic heterocycles. The van der Waals surface area contributed by atoms with E-state index in [1.165, 1.54) is 6.07 Å². The summed E-state index contributed by atoms with van der Waals surface area (Å²) in [5.74, 6) is -0.455. The second kappa shape index (κ2) is 7.05. The normalized spacial score (nSPS) is 11.4. The number of carbonyl (C=O) groups excluding carboxylic acids is 1. The van der Waals surface area contributed by atoms with Crippen LogP contribution in [0.1, 0.15) is 55.3 Å². The van der Waals surface area contributed by atoms with Crippen molar-refractivity contribution in [3.05, 3.63) is 47.5 Å². The van der Waals surface area contributed by atoms with Gasteiger partial charge in [0.2, 0.25) is 0 Å². The van der Waals surface area contributed by atoms with E-state index >= 15 is 0 Å². The molecule has 0 spiro atoms. The van der Waals surface area contributed by atoms with Gasteiger partial charge in [0.1, 0.15) is 5.82 Å². The van der Waals surface area contributed by atoms with Gasteiger partial charge in [-0.1, -0.05) is 32.9 Å². The summed E-state index contributed by atoms with van der Waals surface area (Å²) >= 11 is 0. The largest absolute Gasteiger partial charge is 0.478 e. The van der Waals surface area contributed by atoms with Crippen molar-refractivity contribution in [1.29, 1.82) is 0 Å². The van der Waals surface area contributed by atoms with Crippen LogP contribution in [0.5, 0.6) is 0 Å². The van der Waals surface area contributed by atoms with E-state index in [0.29, 0.717) is 22.6 Å². The average molecular weight is 340 g/mol. The molecule has 0 bridgehead atoms. The minimum Gasteiger partial charge on any atom is -0.478 e. The summed E-state index contributed by atoms with van der Waals surface area (Å²) in [6.07, 6.45) is 0. The number of anilines is 1. The number of Topliss-reactive ketones (excluding diaryl/α,β-unsaturated/α-hetero) is 1. The predicted octanol–water partition coefficient (Wildman–Crippen LogP) is 4.50. The van der Waals surface area contributed by atoms with Crippen molar-refractivity contribution in [2.24, 2.45) is 5.41 Å². The minimum absolute atomic E-state index is 0.00832. The Bertz CT molecular complexity index is 805. The number of ketones is 1. The summed E-state index contributed by atoms with van der Waals surface area (Å²) in [5.41, 5.74) is 1.55. The Labute approximate surface area is 148 Å². The minimum atomic E-state index is -0.984. The molecule has 0 fully saturated rings. The van der Waals surface area contributed by atoms with Gasteiger partial charge in [-0.05, 0) is 38.1 Å². The SMILES string of the molecule is CC(C)Nc1nc(-c2cccc(C(=O)O)c2)ccc1C(=O)C(C)(C)C. The molecule has 5 nitrogen and oxygen atoms in total. The summed E-state index contributed by atoms with van der Waals surface area (Å²) in [5, 5.41) is 12.4. The topological polar surface area (TPSA) is 79.3 Å². The van der Waals surface area contributed by atoms with Crippen LogP contribution in [0.2, 0.25) is 0 Å². The molecule has 2 rings (SSSR count). The first-order valence-corrected chi connectivity index (χ1v) is 8.25. The molecule has 0 radical (unpaired) electrons. The fourth-order valence-corrected chi connectivity index (χ4v) is 2.40. The van der Waals surface area contributed by atoms with E-state index in [9.17, 15) is 9.59 Å². The molecule has 0 unspecified atom stereocenters. The summed E-state index contributed by atoms with van der Waals surface area (Å²) in [4.78, 5) is 28.5. The van der Waals surface area contributed by atoms with Crippen molar-refractivity contribution >= 4 is 17.6 Å². The molecule has 1 aromatic carbocycles. The van der Waals surface area contributed by atoms with Crippen LogP contribution in [0.3, 0.4) is 0 Å². The maximum Gasteiger partial charge on any atom is 0.335 e. The van der Waals surface area contributed by atoms with Gasteiger partial charge in [0, 0.05) is 17.0 Å². The molecule has 0 saturated carbocycles. The molecule has 0 aliphatic carbocycles. The van der Waals surface area contributed by atoms with Crippen molar-refractivity contribution in [3.8, 4) is 11.3 Å². The highest BCUT2D eigenvalue weighted by Crippen LogP contribution is 2.28. The maximum atomic E-state index is 12.7. The summed E-state index contributed by atoms with van der Waals surface area (Å²) in [6, 6.07) is 10.2. The molecule has 0 aliphatic rings. The Balaban J connectivity index is 2.54. The van der Waals surface area contributed by atoms with Gasteiger partial charge in [-0.3, -0.25) is 4.79 Å². The second-order valence-corrected chi connectivity index (χ2v) is 7.36. The van der Waals surface area contributed by atoms with Gasteiger partial charge in [0.05, 0.1) is 16.8 Å². The van der Waals surface area contributed by atoms with Crippen LogP contribution in [-0.2, 0) is 0 Å². The average Bonchev–Trinajstić information content (AvgIpc) is 2.53. The number of benzene rings is 1. The lowest BCUT2D eigenvalue weighted by Gasteiger charge is -2.20. The molecule has 25 heavy (non-hydrogen) atoms. The van der Waals surface area contributed by atoms with E-state index < -0.39 is 11.4 Å². The van der Waals surface area contributed by atoms with Crippen molar-refractivity contribution in [2.75, 3.05) is 5.32 Å². The quantitative estimate of drug-likeness (QED) is 0.784. The molecular weight excluding hydrogens is 316 g/mol. The molecule has 2 aromatic rings. The molecular formula is C20H24N2O3. The molecule has 0 saturated heterocycles. The lowest BCUT2D eigenvalue weighted by atomic mass is 9.86. The second-order valence-electron chi connectivity index (χ2n) is 7.36. The van der Waals surface area contributed by atoms with Gasteiger partial charge in [-0.2, -0.15) is 0 Å². The molecule has 0 atom stereocenters. The van der Waals surface area contributed by atoms with Crippen LogP contribution in [0.4, 0.5) is 5.82 Å². The zero-order chi connectivity index (χ0) is 18.8. The third kappa shape index (κ3) is 4.44. The van der Waals surface area contributed by atoms with Crippen molar-refractivity contribution in [2.45, 2.75) is 40.7 Å². The predicted molar refractivity (Wildman–Crippen MR) is 99.2 cm³/mol. The van der Waals surface area contributed by atoms with Crippen LogP contribution < -0.4 is 5.32 Å². The lowest BCUT2D eigenvalue weighted by molar-refractivity contribution is 0.0696. The molecule has 0 aliphatic heterocycles. The van der Waals surface area contributed by atoms with E-state index in [0.717, 1.165) is 0 Å². The standard InChI is InChI=1S/C20H24N2O3/c1-12(2)21-18-15(17(23)20(3,4)5)9-10-16(22-18)13-7-6-8-14(11-13)19(24)25/h6-12H,1-5H3,(H,21,22)(H,24,25). The first-order valence-electron chi connectivity index (χ1n) is 8.25. The van der Waals surface area contributed by atoms with E-state index in [1.54, 1.807) is 30.3 Å². The number of carbonyl (C=O) groups is 2. The van der Waals surface area contributed by atoms with E-state index in [2.05, 4.69) is 10.3 Å². The van der Waals surface area contributed by atoms with Crippen molar-refractivity contribution < 1.29 is 14.7 Å². The number of hydrogen-bond donors (Lipinski definition) is 2. The highest BCUT2D eigenvalue weighted by atomic mass is 16.4. The summed E-state index contributed by atoms with van der Waals surface area (Å²) in [6.45, 7) is 9.58. The number of rotatable bonds is 5. The van der Waals surface area contributed by atoms with Crippen LogP contribution >= 0.6 is 0 Å². The van der Waals surface area contributed by atoms with E-state index in [1.807, 2.05) is 34.6 Å². The van der Waals surface area contributed by atoms with Crippen molar-refractivity contribution in [1.82, 2.24) is 4.98 Å². The third-order valence-electron chi connectivity index (χ3n) is 3.65. The number of nitrogens with zero attached hydrogens (tertiary/aromatic N) is 1. The summed E-state index contributed by atoms with van der Waals surface area (Å²) < 4.78 is 0. The van der Waals surface area contributed by atoms with Gasteiger partial charge in [0.15, 0.2) is 5.78 Å². The Morgan fingerprint density at radius 1 is 1.12 bits per heavy atom. The number of aromatic nitrogens is 1. The maximum absolute atomic E-state index is 12.7. The zero-order valence-corrected chi connectivity index (χ0v) is 15.3. The monoisotopic (exact) mass is 340 g/mol. The zero-order valence-electron chi connectivity index (χ0n) is 15.3. The van der Waals surface area contributed by atoms with E-state index in [4.69, 9.17) is 5.11 Å². The van der Waals surface area contributed by atoms with E-state index in [-0.39, 0.29) is 17.4 Å². The highest BCUT2D eigenvalue weighted by molar-refractivity contribution is 6.04. The van der Waals surface area contributed by atoms with Crippen LogP contribution in [-0.4, -0.2) is 27.9 Å². The highest BCUT2D eigenvalue weighted by Gasteiger charge is 2.26. The van der Waals surface area contributed by atoms with Crippen molar-refractivity contribution in [3.63, 3.8) is 0 Å². The van der Waals surface area contributed by atoms with Crippen LogP contribution in [0.15, 0.2) is 36.4 Å². The summed E-state index contributed by atoms with van der Waals surface area (Å²) in [7, 11) is 0. The van der Waals surface area contributed by atoms with Crippen LogP contribution in [0.25, 0.3) is 11.3 Å². The Morgan fingerprint density at radius 2 is 1.80 bits per heavy atom. The Kier molecular flexibility index (Phi) is 5.26. The van der Waals surface area contributed by atoms with Gasteiger partial charge < -0.3 is 10.4 Å². The smallest absolute Gasteiger partial charge is 0.335 e.